The Morgan fingerprint density at radius 3 is 1.89 bits per heavy atom. The minimum absolute atomic E-state index is 0.101. The standard InChI is InChI=1S/C13H8Cl4O/c14-9-2-7(6-18)1-8(3-9)13-11(16)4-10(15)5-12(13)17/h1-5,18H,6H2. The van der Waals surface area contributed by atoms with Crippen molar-refractivity contribution < 1.29 is 5.11 Å². The highest BCUT2D eigenvalue weighted by molar-refractivity contribution is 6.42. The highest BCUT2D eigenvalue weighted by atomic mass is 35.5. The van der Waals surface area contributed by atoms with Crippen LogP contribution in [0.4, 0.5) is 0 Å². The molecule has 0 unspecified atom stereocenters. The number of benzene rings is 2. The third-order valence-corrected chi connectivity index (χ3v) is 3.47. The van der Waals surface area contributed by atoms with E-state index in [1.165, 1.54) is 0 Å². The Labute approximate surface area is 125 Å². The summed E-state index contributed by atoms with van der Waals surface area (Å²) in [6.45, 7) is -0.101. The van der Waals surface area contributed by atoms with Gasteiger partial charge in [-0.05, 0) is 41.5 Å². The smallest absolute Gasteiger partial charge is 0.0682 e. The Kier molecular flexibility index (Phi) is 4.41. The van der Waals surface area contributed by atoms with Crippen molar-refractivity contribution in [2.75, 3.05) is 0 Å². The molecule has 0 bridgehead atoms. The molecule has 0 saturated carbocycles. The Bertz CT molecular complexity index is 573. The van der Waals surface area contributed by atoms with E-state index in [0.29, 0.717) is 31.2 Å². The van der Waals surface area contributed by atoms with Crippen molar-refractivity contribution in [3.8, 4) is 11.1 Å². The van der Waals surface area contributed by atoms with Crippen molar-refractivity contribution in [1.82, 2.24) is 0 Å². The van der Waals surface area contributed by atoms with Gasteiger partial charge in [0.15, 0.2) is 0 Å². The topological polar surface area (TPSA) is 20.2 Å². The third kappa shape index (κ3) is 2.93. The second kappa shape index (κ2) is 5.68. The van der Waals surface area contributed by atoms with E-state index >= 15 is 0 Å². The summed E-state index contributed by atoms with van der Waals surface area (Å²) in [6.07, 6.45) is 0. The molecule has 1 nitrogen and oxygen atoms in total. The molecule has 0 aliphatic heterocycles. The van der Waals surface area contributed by atoms with E-state index in [1.54, 1.807) is 30.3 Å². The second-order valence-corrected chi connectivity index (χ2v) is 5.44. The van der Waals surface area contributed by atoms with Gasteiger partial charge in [-0.25, -0.2) is 0 Å². The molecular weight excluding hydrogens is 314 g/mol. The zero-order chi connectivity index (χ0) is 13.3. The van der Waals surface area contributed by atoms with Crippen molar-refractivity contribution in [2.45, 2.75) is 6.61 Å². The number of hydrogen-bond donors (Lipinski definition) is 1. The number of rotatable bonds is 2. The maximum absolute atomic E-state index is 9.17. The van der Waals surface area contributed by atoms with E-state index in [4.69, 9.17) is 46.4 Å². The number of halogens is 4. The first kappa shape index (κ1) is 14.0. The predicted octanol–water partition coefficient (Wildman–Crippen LogP) is 5.46. The summed E-state index contributed by atoms with van der Waals surface area (Å²) < 4.78 is 0. The molecule has 94 valence electrons. The first-order valence-corrected chi connectivity index (χ1v) is 6.57. The van der Waals surface area contributed by atoms with Crippen LogP contribution in [0.5, 0.6) is 0 Å². The fourth-order valence-electron chi connectivity index (χ4n) is 1.70. The van der Waals surface area contributed by atoms with E-state index < -0.39 is 0 Å². The van der Waals surface area contributed by atoms with Gasteiger partial charge in [0.1, 0.15) is 0 Å². The molecular formula is C13H8Cl4O. The zero-order valence-corrected chi connectivity index (χ0v) is 12.1. The van der Waals surface area contributed by atoms with Crippen LogP contribution in [-0.2, 0) is 6.61 Å². The summed E-state index contributed by atoms with van der Waals surface area (Å²) in [4.78, 5) is 0. The fraction of sp³-hybridized carbons (Fsp3) is 0.0769. The van der Waals surface area contributed by atoms with Crippen LogP contribution in [0.3, 0.4) is 0 Å². The lowest BCUT2D eigenvalue weighted by Gasteiger charge is -2.10. The Hall–Kier alpha value is -0.440. The van der Waals surface area contributed by atoms with E-state index in [1.807, 2.05) is 0 Å². The number of hydrogen-bond acceptors (Lipinski definition) is 1. The van der Waals surface area contributed by atoms with Gasteiger partial charge in [-0.15, -0.1) is 0 Å². The minimum Gasteiger partial charge on any atom is -0.392 e. The van der Waals surface area contributed by atoms with E-state index in [9.17, 15) is 5.11 Å². The maximum atomic E-state index is 9.17. The van der Waals surface area contributed by atoms with Gasteiger partial charge < -0.3 is 5.11 Å². The summed E-state index contributed by atoms with van der Waals surface area (Å²) in [6, 6.07) is 8.44. The van der Waals surface area contributed by atoms with Gasteiger partial charge in [-0.1, -0.05) is 46.4 Å². The lowest BCUT2D eigenvalue weighted by molar-refractivity contribution is 0.282. The quantitative estimate of drug-likeness (QED) is 0.778. The van der Waals surface area contributed by atoms with Crippen LogP contribution in [0.1, 0.15) is 5.56 Å². The van der Waals surface area contributed by atoms with Crippen LogP contribution in [0, 0.1) is 0 Å². The van der Waals surface area contributed by atoms with Crippen LogP contribution < -0.4 is 0 Å². The van der Waals surface area contributed by atoms with E-state index in [0.717, 1.165) is 5.56 Å². The maximum Gasteiger partial charge on any atom is 0.0682 e. The van der Waals surface area contributed by atoms with Crippen molar-refractivity contribution >= 4 is 46.4 Å². The Morgan fingerprint density at radius 2 is 1.33 bits per heavy atom. The van der Waals surface area contributed by atoms with Crippen molar-refractivity contribution in [2.24, 2.45) is 0 Å². The van der Waals surface area contributed by atoms with Gasteiger partial charge in [0.25, 0.3) is 0 Å². The number of aliphatic hydroxyl groups is 1. The van der Waals surface area contributed by atoms with Gasteiger partial charge >= 0.3 is 0 Å². The van der Waals surface area contributed by atoms with Gasteiger partial charge in [-0.3, -0.25) is 0 Å². The van der Waals surface area contributed by atoms with E-state index in [-0.39, 0.29) is 6.61 Å². The van der Waals surface area contributed by atoms with Crippen LogP contribution in [-0.4, -0.2) is 5.11 Å². The fourth-order valence-corrected chi connectivity index (χ4v) is 3.00. The molecule has 0 aromatic heterocycles. The molecule has 0 aliphatic carbocycles. The molecule has 0 radical (unpaired) electrons. The molecule has 0 fully saturated rings. The number of aliphatic hydroxyl groups excluding tert-OH is 1. The SMILES string of the molecule is OCc1cc(Cl)cc(-c2c(Cl)cc(Cl)cc2Cl)c1. The van der Waals surface area contributed by atoms with Crippen molar-refractivity contribution in [3.05, 3.63) is 56.0 Å². The summed E-state index contributed by atoms with van der Waals surface area (Å²) in [5.41, 5.74) is 2.10. The summed E-state index contributed by atoms with van der Waals surface area (Å²) >= 11 is 24.1. The molecule has 0 heterocycles. The van der Waals surface area contributed by atoms with Gasteiger partial charge in [0, 0.05) is 15.6 Å². The molecule has 0 saturated heterocycles. The lowest BCUT2D eigenvalue weighted by Crippen LogP contribution is -1.88. The molecule has 0 aliphatic rings. The van der Waals surface area contributed by atoms with Crippen molar-refractivity contribution in [1.29, 1.82) is 0 Å². The molecule has 0 amide bonds. The molecule has 0 spiro atoms. The molecule has 1 N–H and O–H groups in total. The summed E-state index contributed by atoms with van der Waals surface area (Å²) in [5.74, 6) is 0. The molecule has 2 aromatic carbocycles. The summed E-state index contributed by atoms with van der Waals surface area (Å²) in [7, 11) is 0. The Balaban J connectivity index is 2.65. The van der Waals surface area contributed by atoms with Gasteiger partial charge in [0.2, 0.25) is 0 Å². The van der Waals surface area contributed by atoms with Crippen LogP contribution in [0.2, 0.25) is 20.1 Å². The third-order valence-electron chi connectivity index (χ3n) is 2.44. The Morgan fingerprint density at radius 1 is 0.778 bits per heavy atom. The van der Waals surface area contributed by atoms with Crippen LogP contribution >= 0.6 is 46.4 Å². The molecule has 0 atom stereocenters. The first-order chi connectivity index (χ1) is 8.51. The monoisotopic (exact) mass is 320 g/mol. The largest absolute Gasteiger partial charge is 0.392 e. The molecule has 2 rings (SSSR count). The highest BCUT2D eigenvalue weighted by Crippen LogP contribution is 2.38. The lowest BCUT2D eigenvalue weighted by atomic mass is 10.0. The zero-order valence-electron chi connectivity index (χ0n) is 9.05. The van der Waals surface area contributed by atoms with Crippen LogP contribution in [0.25, 0.3) is 11.1 Å². The highest BCUT2D eigenvalue weighted by Gasteiger charge is 2.11. The molecule has 2 aromatic rings. The van der Waals surface area contributed by atoms with Gasteiger partial charge in [0.05, 0.1) is 16.7 Å². The molecule has 5 heteroatoms. The van der Waals surface area contributed by atoms with Crippen LogP contribution in [0.15, 0.2) is 30.3 Å². The normalized spacial score (nSPS) is 10.7. The second-order valence-electron chi connectivity index (χ2n) is 3.75. The average Bonchev–Trinajstić information content (AvgIpc) is 2.26. The first-order valence-electron chi connectivity index (χ1n) is 5.06. The van der Waals surface area contributed by atoms with E-state index in [2.05, 4.69) is 0 Å². The predicted molar refractivity (Wildman–Crippen MR) is 77.8 cm³/mol. The summed E-state index contributed by atoms with van der Waals surface area (Å²) in [5, 5.41) is 11.0. The average molecular weight is 322 g/mol. The minimum atomic E-state index is -0.101. The molecule has 18 heavy (non-hydrogen) atoms. The van der Waals surface area contributed by atoms with Gasteiger partial charge in [-0.2, -0.15) is 0 Å². The van der Waals surface area contributed by atoms with Crippen molar-refractivity contribution in [3.63, 3.8) is 0 Å².